The van der Waals surface area contributed by atoms with E-state index >= 15 is 0 Å². The monoisotopic (exact) mass is 373 g/mol. The van der Waals surface area contributed by atoms with E-state index in [0.717, 1.165) is 11.1 Å². The number of hydrogen-bond acceptors (Lipinski definition) is 4. The second-order valence-electron chi connectivity index (χ2n) is 6.68. The Morgan fingerprint density at radius 3 is 2.14 bits per heavy atom. The van der Waals surface area contributed by atoms with Crippen molar-refractivity contribution >= 4 is 11.9 Å². The van der Waals surface area contributed by atoms with Gasteiger partial charge >= 0.3 is 5.97 Å². The Hall–Kier alpha value is -3.54. The third-order valence-corrected chi connectivity index (χ3v) is 4.88. The lowest BCUT2D eigenvalue weighted by Crippen LogP contribution is -2.40. The van der Waals surface area contributed by atoms with E-state index in [9.17, 15) is 14.7 Å². The number of aromatic nitrogens is 2. The van der Waals surface area contributed by atoms with Crippen molar-refractivity contribution in [2.75, 3.05) is 6.54 Å². The SMILES string of the molecule is O=C(O)[C@H]1CCCN1C(=O)c1cnc(-c2ccccc2)c(-c2ccccc2)n1. The second-order valence-corrected chi connectivity index (χ2v) is 6.68. The molecule has 3 aromatic rings. The molecule has 0 aliphatic carbocycles. The maximum atomic E-state index is 13.0. The molecule has 4 rings (SSSR count). The Labute approximate surface area is 162 Å². The lowest BCUT2D eigenvalue weighted by molar-refractivity contribution is -0.141. The van der Waals surface area contributed by atoms with Gasteiger partial charge in [0.25, 0.3) is 5.91 Å². The Morgan fingerprint density at radius 2 is 1.54 bits per heavy atom. The first-order chi connectivity index (χ1) is 13.6. The molecule has 6 nitrogen and oxygen atoms in total. The molecule has 0 saturated carbocycles. The summed E-state index contributed by atoms with van der Waals surface area (Å²) in [7, 11) is 0. The maximum Gasteiger partial charge on any atom is 0.326 e. The minimum absolute atomic E-state index is 0.159. The number of likely N-dealkylation sites (tertiary alicyclic amines) is 1. The van der Waals surface area contributed by atoms with Crippen molar-refractivity contribution in [2.45, 2.75) is 18.9 Å². The molecule has 0 bridgehead atoms. The smallest absolute Gasteiger partial charge is 0.326 e. The number of aliphatic carboxylic acids is 1. The first-order valence-electron chi connectivity index (χ1n) is 9.17. The summed E-state index contributed by atoms with van der Waals surface area (Å²) in [4.78, 5) is 34.9. The zero-order valence-corrected chi connectivity index (χ0v) is 15.2. The van der Waals surface area contributed by atoms with Crippen LogP contribution in [-0.2, 0) is 4.79 Å². The fraction of sp³-hybridized carbons (Fsp3) is 0.182. The van der Waals surface area contributed by atoms with Gasteiger partial charge in [0, 0.05) is 17.7 Å². The normalized spacial score (nSPS) is 16.1. The summed E-state index contributed by atoms with van der Waals surface area (Å²) in [5.74, 6) is -1.38. The molecule has 1 atom stereocenters. The lowest BCUT2D eigenvalue weighted by atomic mass is 10.0. The highest BCUT2D eigenvalue weighted by Gasteiger charge is 2.35. The van der Waals surface area contributed by atoms with E-state index in [-0.39, 0.29) is 5.69 Å². The van der Waals surface area contributed by atoms with Crippen LogP contribution in [0.4, 0.5) is 0 Å². The van der Waals surface area contributed by atoms with Crippen molar-refractivity contribution in [3.63, 3.8) is 0 Å². The van der Waals surface area contributed by atoms with E-state index in [1.807, 2.05) is 60.7 Å². The van der Waals surface area contributed by atoms with E-state index in [0.29, 0.717) is 30.8 Å². The summed E-state index contributed by atoms with van der Waals surface area (Å²) in [5, 5.41) is 9.37. The molecule has 6 heteroatoms. The highest BCUT2D eigenvalue weighted by atomic mass is 16.4. The largest absolute Gasteiger partial charge is 0.480 e. The molecule has 0 spiro atoms. The van der Waals surface area contributed by atoms with E-state index < -0.39 is 17.9 Å². The molecular formula is C22H19N3O3. The van der Waals surface area contributed by atoms with Gasteiger partial charge in [-0.05, 0) is 12.8 Å². The van der Waals surface area contributed by atoms with Crippen molar-refractivity contribution < 1.29 is 14.7 Å². The van der Waals surface area contributed by atoms with Gasteiger partial charge in [0.05, 0.1) is 17.6 Å². The molecule has 1 fully saturated rings. The predicted octanol–water partition coefficient (Wildman–Crippen LogP) is 3.50. The Balaban J connectivity index is 1.79. The van der Waals surface area contributed by atoms with Crippen LogP contribution in [0.25, 0.3) is 22.5 Å². The number of rotatable bonds is 4. The molecule has 1 aliphatic rings. The Bertz CT molecular complexity index is 1010. The van der Waals surface area contributed by atoms with Crippen LogP contribution in [0.5, 0.6) is 0 Å². The molecular weight excluding hydrogens is 354 g/mol. The summed E-state index contributed by atoms with van der Waals surface area (Å²) in [6.45, 7) is 0.415. The molecule has 1 aliphatic heterocycles. The fourth-order valence-electron chi connectivity index (χ4n) is 3.51. The Kier molecular flexibility index (Phi) is 4.85. The standard InChI is InChI=1S/C22H19N3O3/c26-21(25-13-7-12-18(25)22(27)28)17-14-23-19(15-8-3-1-4-9-15)20(24-17)16-10-5-2-6-11-16/h1-6,8-11,14,18H,7,12-13H2,(H,27,28)/t18-/m1/s1. The molecule has 1 N–H and O–H groups in total. The van der Waals surface area contributed by atoms with Gasteiger partial charge in [-0.1, -0.05) is 60.7 Å². The molecule has 2 heterocycles. The highest BCUT2D eigenvalue weighted by Crippen LogP contribution is 2.29. The summed E-state index contributed by atoms with van der Waals surface area (Å²) in [6.07, 6.45) is 2.57. The zero-order chi connectivity index (χ0) is 19.5. The van der Waals surface area contributed by atoms with Gasteiger partial charge in [-0.25, -0.2) is 9.78 Å². The number of carboxylic acids is 1. The van der Waals surface area contributed by atoms with Crippen LogP contribution < -0.4 is 0 Å². The molecule has 140 valence electrons. The van der Waals surface area contributed by atoms with Crippen molar-refractivity contribution in [3.8, 4) is 22.5 Å². The van der Waals surface area contributed by atoms with Gasteiger partial charge in [-0.3, -0.25) is 9.78 Å². The van der Waals surface area contributed by atoms with Crippen LogP contribution in [0.2, 0.25) is 0 Å². The van der Waals surface area contributed by atoms with Gasteiger partial charge in [0.1, 0.15) is 11.7 Å². The van der Waals surface area contributed by atoms with Crippen LogP contribution in [-0.4, -0.2) is 44.4 Å². The fourth-order valence-corrected chi connectivity index (χ4v) is 3.51. The number of benzene rings is 2. The topological polar surface area (TPSA) is 83.4 Å². The van der Waals surface area contributed by atoms with Gasteiger partial charge < -0.3 is 10.0 Å². The van der Waals surface area contributed by atoms with Crippen LogP contribution in [0.1, 0.15) is 23.3 Å². The van der Waals surface area contributed by atoms with Crippen molar-refractivity contribution in [1.29, 1.82) is 0 Å². The van der Waals surface area contributed by atoms with Crippen LogP contribution >= 0.6 is 0 Å². The van der Waals surface area contributed by atoms with Crippen molar-refractivity contribution in [3.05, 3.63) is 72.6 Å². The van der Waals surface area contributed by atoms with Gasteiger partial charge in [-0.15, -0.1) is 0 Å². The summed E-state index contributed by atoms with van der Waals surface area (Å²) >= 11 is 0. The van der Waals surface area contributed by atoms with E-state index in [4.69, 9.17) is 0 Å². The number of nitrogens with zero attached hydrogens (tertiary/aromatic N) is 3. The molecule has 2 aromatic carbocycles. The predicted molar refractivity (Wildman–Crippen MR) is 105 cm³/mol. The van der Waals surface area contributed by atoms with Crippen LogP contribution in [0.3, 0.4) is 0 Å². The Morgan fingerprint density at radius 1 is 0.929 bits per heavy atom. The minimum atomic E-state index is -0.983. The third kappa shape index (κ3) is 3.36. The van der Waals surface area contributed by atoms with Crippen molar-refractivity contribution in [1.82, 2.24) is 14.9 Å². The minimum Gasteiger partial charge on any atom is -0.480 e. The van der Waals surface area contributed by atoms with Crippen molar-refractivity contribution in [2.24, 2.45) is 0 Å². The van der Waals surface area contributed by atoms with Gasteiger partial charge in [-0.2, -0.15) is 0 Å². The summed E-state index contributed by atoms with van der Waals surface area (Å²) < 4.78 is 0. The van der Waals surface area contributed by atoms with Gasteiger partial charge in [0.15, 0.2) is 0 Å². The van der Waals surface area contributed by atoms with Gasteiger partial charge in [0.2, 0.25) is 0 Å². The summed E-state index contributed by atoms with van der Waals surface area (Å²) in [5.41, 5.74) is 3.19. The number of carbonyl (C=O) groups excluding carboxylic acids is 1. The molecule has 0 radical (unpaired) electrons. The zero-order valence-electron chi connectivity index (χ0n) is 15.2. The van der Waals surface area contributed by atoms with Crippen LogP contribution in [0, 0.1) is 0 Å². The first kappa shape index (κ1) is 17.9. The van der Waals surface area contributed by atoms with E-state index in [2.05, 4.69) is 9.97 Å². The first-order valence-corrected chi connectivity index (χ1v) is 9.17. The number of carboxylic acid groups (broad SMARTS) is 1. The third-order valence-electron chi connectivity index (χ3n) is 4.88. The maximum absolute atomic E-state index is 13.0. The molecule has 28 heavy (non-hydrogen) atoms. The lowest BCUT2D eigenvalue weighted by Gasteiger charge is -2.21. The van der Waals surface area contributed by atoms with E-state index in [1.165, 1.54) is 11.1 Å². The quantitative estimate of drug-likeness (QED) is 0.757. The number of carbonyl (C=O) groups is 2. The molecule has 1 saturated heterocycles. The molecule has 1 aromatic heterocycles. The summed E-state index contributed by atoms with van der Waals surface area (Å²) in [6, 6.07) is 18.4. The second kappa shape index (κ2) is 7.60. The van der Waals surface area contributed by atoms with Crippen LogP contribution in [0.15, 0.2) is 66.9 Å². The number of amides is 1. The number of hydrogen-bond donors (Lipinski definition) is 1. The van der Waals surface area contributed by atoms with E-state index in [1.54, 1.807) is 0 Å². The average Bonchev–Trinajstić information content (AvgIpc) is 3.24. The molecule has 1 amide bonds. The highest BCUT2D eigenvalue weighted by molar-refractivity contribution is 5.96. The molecule has 0 unspecified atom stereocenters. The average molecular weight is 373 g/mol.